The molecule has 0 bridgehead atoms. The van der Waals surface area contributed by atoms with Crippen molar-refractivity contribution in [1.29, 1.82) is 0 Å². The Labute approximate surface area is 206 Å². The maximum Gasteiger partial charge on any atom is 0.253 e. The fourth-order valence-electron chi connectivity index (χ4n) is 3.91. The number of halogens is 1. The van der Waals surface area contributed by atoms with Crippen molar-refractivity contribution in [2.24, 2.45) is 0 Å². The van der Waals surface area contributed by atoms with E-state index in [1.165, 1.54) is 0 Å². The molecule has 3 aromatic carbocycles. The smallest absolute Gasteiger partial charge is 0.253 e. The molecule has 3 heterocycles. The molecule has 0 saturated heterocycles. The van der Waals surface area contributed by atoms with E-state index in [1.54, 1.807) is 10.7 Å². The number of hydrogen-bond acceptors (Lipinski definition) is 6. The lowest BCUT2D eigenvalue weighted by molar-refractivity contribution is 0.297. The van der Waals surface area contributed by atoms with Crippen LogP contribution in [0.25, 0.3) is 28.4 Å². The van der Waals surface area contributed by atoms with Crippen LogP contribution in [0.2, 0.25) is 5.02 Å². The SMILES string of the molecule is Clc1ccc(COc2ccc(-c3ccnc4nc(-c5ccc6c(c5)OCCCO6)nn34)cc2)cc1. The Bertz CT molecular complexity index is 1480. The highest BCUT2D eigenvalue weighted by atomic mass is 35.5. The van der Waals surface area contributed by atoms with Gasteiger partial charge in [0, 0.05) is 28.8 Å². The van der Waals surface area contributed by atoms with Gasteiger partial charge in [-0.2, -0.15) is 9.50 Å². The lowest BCUT2D eigenvalue weighted by Gasteiger charge is -2.08. The largest absolute Gasteiger partial charge is 0.490 e. The molecule has 0 atom stereocenters. The van der Waals surface area contributed by atoms with E-state index in [1.807, 2.05) is 72.8 Å². The van der Waals surface area contributed by atoms with E-state index >= 15 is 0 Å². The van der Waals surface area contributed by atoms with E-state index in [-0.39, 0.29) is 0 Å². The van der Waals surface area contributed by atoms with Crippen LogP contribution in [0.3, 0.4) is 0 Å². The van der Waals surface area contributed by atoms with Gasteiger partial charge in [-0.3, -0.25) is 0 Å². The first-order valence-electron chi connectivity index (χ1n) is 11.3. The van der Waals surface area contributed by atoms with Crippen molar-refractivity contribution in [1.82, 2.24) is 19.6 Å². The van der Waals surface area contributed by atoms with Gasteiger partial charge in [0.1, 0.15) is 12.4 Å². The Morgan fingerprint density at radius 1 is 0.857 bits per heavy atom. The summed E-state index contributed by atoms with van der Waals surface area (Å²) in [5.74, 6) is 3.32. The topological polar surface area (TPSA) is 70.8 Å². The monoisotopic (exact) mass is 484 g/mol. The van der Waals surface area contributed by atoms with Crippen molar-refractivity contribution >= 4 is 17.4 Å². The number of benzene rings is 3. The molecule has 2 aromatic heterocycles. The zero-order valence-electron chi connectivity index (χ0n) is 18.7. The van der Waals surface area contributed by atoms with E-state index in [0.29, 0.717) is 42.2 Å². The molecule has 0 N–H and O–H groups in total. The number of aromatic nitrogens is 4. The number of nitrogens with zero attached hydrogens (tertiary/aromatic N) is 4. The molecule has 7 nitrogen and oxygen atoms in total. The molecular formula is C27H21ClN4O3. The van der Waals surface area contributed by atoms with Gasteiger partial charge < -0.3 is 14.2 Å². The standard InChI is InChI=1S/C27H21ClN4O3/c28-21-7-2-18(3-8-21)17-35-22-9-4-19(5-10-22)23-12-13-29-27-30-26(31-32(23)27)20-6-11-24-25(16-20)34-15-1-14-33-24/h2-13,16H,1,14-15,17H2. The predicted molar refractivity (Wildman–Crippen MR) is 133 cm³/mol. The summed E-state index contributed by atoms with van der Waals surface area (Å²) in [6.45, 7) is 1.75. The van der Waals surface area contributed by atoms with Crippen LogP contribution in [0, 0.1) is 0 Å². The first kappa shape index (κ1) is 21.4. The molecule has 174 valence electrons. The number of hydrogen-bond donors (Lipinski definition) is 0. The summed E-state index contributed by atoms with van der Waals surface area (Å²) >= 11 is 5.95. The van der Waals surface area contributed by atoms with Gasteiger partial charge in [0.25, 0.3) is 5.78 Å². The van der Waals surface area contributed by atoms with Crippen molar-refractivity contribution in [2.45, 2.75) is 13.0 Å². The van der Waals surface area contributed by atoms with Crippen LogP contribution in [0.1, 0.15) is 12.0 Å². The van der Waals surface area contributed by atoms with Gasteiger partial charge in [0.15, 0.2) is 17.3 Å². The highest BCUT2D eigenvalue weighted by molar-refractivity contribution is 6.30. The van der Waals surface area contributed by atoms with Crippen LogP contribution in [0.15, 0.2) is 79.0 Å². The highest BCUT2D eigenvalue weighted by Gasteiger charge is 2.16. The van der Waals surface area contributed by atoms with Gasteiger partial charge in [-0.1, -0.05) is 23.7 Å². The normalized spacial score (nSPS) is 12.9. The lowest BCUT2D eigenvalue weighted by Crippen LogP contribution is -1.97. The van der Waals surface area contributed by atoms with Crippen LogP contribution < -0.4 is 14.2 Å². The van der Waals surface area contributed by atoms with Gasteiger partial charge >= 0.3 is 0 Å². The molecule has 5 aromatic rings. The molecule has 8 heteroatoms. The third-order valence-electron chi connectivity index (χ3n) is 5.72. The van der Waals surface area contributed by atoms with Crippen LogP contribution in [0.5, 0.6) is 17.2 Å². The Hall–Kier alpha value is -4.10. The Morgan fingerprint density at radius 3 is 2.46 bits per heavy atom. The molecule has 0 fully saturated rings. The summed E-state index contributed by atoms with van der Waals surface area (Å²) in [4.78, 5) is 9.04. The predicted octanol–water partition coefficient (Wildman–Crippen LogP) is 5.85. The molecule has 35 heavy (non-hydrogen) atoms. The average Bonchev–Trinajstić information content (AvgIpc) is 3.20. The molecule has 1 aliphatic rings. The Balaban J connectivity index is 1.26. The van der Waals surface area contributed by atoms with Crippen LogP contribution in [-0.4, -0.2) is 32.8 Å². The summed E-state index contributed by atoms with van der Waals surface area (Å²) in [6, 6.07) is 23.2. The minimum atomic E-state index is 0.470. The average molecular weight is 485 g/mol. The minimum Gasteiger partial charge on any atom is -0.490 e. The Morgan fingerprint density at radius 2 is 1.63 bits per heavy atom. The fourth-order valence-corrected chi connectivity index (χ4v) is 4.03. The van der Waals surface area contributed by atoms with Crippen molar-refractivity contribution in [3.05, 3.63) is 89.6 Å². The maximum absolute atomic E-state index is 5.95. The van der Waals surface area contributed by atoms with Crippen molar-refractivity contribution < 1.29 is 14.2 Å². The maximum atomic E-state index is 5.95. The molecule has 1 aliphatic heterocycles. The summed E-state index contributed by atoms with van der Waals surface area (Å²) in [7, 11) is 0. The Kier molecular flexibility index (Phi) is 5.68. The molecule has 0 radical (unpaired) electrons. The van der Waals surface area contributed by atoms with Gasteiger partial charge in [-0.05, 0) is 66.2 Å². The summed E-state index contributed by atoms with van der Waals surface area (Å²) in [6.07, 6.45) is 2.59. The van der Waals surface area contributed by atoms with Crippen molar-refractivity contribution in [2.75, 3.05) is 13.2 Å². The first-order valence-corrected chi connectivity index (χ1v) is 11.7. The van der Waals surface area contributed by atoms with E-state index in [9.17, 15) is 0 Å². The van der Waals surface area contributed by atoms with Crippen LogP contribution in [-0.2, 0) is 6.61 Å². The number of fused-ring (bicyclic) bond motifs is 2. The van der Waals surface area contributed by atoms with Crippen molar-refractivity contribution in [3.63, 3.8) is 0 Å². The molecule has 0 spiro atoms. The third-order valence-corrected chi connectivity index (χ3v) is 5.97. The molecule has 0 amide bonds. The third kappa shape index (κ3) is 4.50. The van der Waals surface area contributed by atoms with Crippen molar-refractivity contribution in [3.8, 4) is 39.9 Å². The highest BCUT2D eigenvalue weighted by Crippen LogP contribution is 2.33. The van der Waals surface area contributed by atoms with Gasteiger partial charge in [-0.25, -0.2) is 4.98 Å². The zero-order chi connectivity index (χ0) is 23.6. The molecule has 0 aliphatic carbocycles. The quantitative estimate of drug-likeness (QED) is 0.311. The number of ether oxygens (including phenoxy) is 3. The minimum absolute atomic E-state index is 0.470. The molecule has 6 rings (SSSR count). The second-order valence-electron chi connectivity index (χ2n) is 8.13. The van der Waals surface area contributed by atoms with Gasteiger partial charge in [0.2, 0.25) is 0 Å². The van der Waals surface area contributed by atoms with E-state index < -0.39 is 0 Å². The van der Waals surface area contributed by atoms with E-state index in [4.69, 9.17) is 30.9 Å². The van der Waals surface area contributed by atoms with E-state index in [0.717, 1.165) is 40.3 Å². The molecule has 0 unspecified atom stereocenters. The lowest BCUT2D eigenvalue weighted by atomic mass is 10.1. The van der Waals surface area contributed by atoms with Crippen LogP contribution >= 0.6 is 11.6 Å². The second kappa shape index (κ2) is 9.27. The molecule has 0 saturated carbocycles. The first-order chi connectivity index (χ1) is 17.2. The fraction of sp³-hybridized carbons (Fsp3) is 0.148. The van der Waals surface area contributed by atoms with Gasteiger partial charge in [0.05, 0.1) is 18.9 Å². The summed E-state index contributed by atoms with van der Waals surface area (Å²) in [5.41, 5.74) is 3.76. The number of rotatable bonds is 5. The molecular weight excluding hydrogens is 464 g/mol. The zero-order valence-corrected chi connectivity index (χ0v) is 19.5. The van der Waals surface area contributed by atoms with E-state index in [2.05, 4.69) is 9.97 Å². The van der Waals surface area contributed by atoms with Gasteiger partial charge in [-0.15, -0.1) is 5.10 Å². The second-order valence-corrected chi connectivity index (χ2v) is 8.57. The summed E-state index contributed by atoms with van der Waals surface area (Å²) in [5, 5.41) is 5.45. The van der Waals surface area contributed by atoms with Crippen LogP contribution in [0.4, 0.5) is 0 Å². The summed E-state index contributed by atoms with van der Waals surface area (Å²) < 4.78 is 19.2.